The molecule has 1 unspecified atom stereocenters. The Labute approximate surface area is 125 Å². The third kappa shape index (κ3) is 4.47. The normalized spacial score (nSPS) is 22.0. The largest absolute Gasteiger partial charge is 0.316 e. The van der Waals surface area contributed by atoms with E-state index in [2.05, 4.69) is 15.0 Å². The first-order valence-electron chi connectivity index (χ1n) is 6.65. The minimum Gasteiger partial charge on any atom is -0.316 e. The summed E-state index contributed by atoms with van der Waals surface area (Å²) in [6.45, 7) is 0.599. The summed E-state index contributed by atoms with van der Waals surface area (Å²) in [6.07, 6.45) is 2.49. The van der Waals surface area contributed by atoms with Crippen molar-refractivity contribution >= 4 is 19.9 Å². The zero-order valence-electron chi connectivity index (χ0n) is 11.7. The van der Waals surface area contributed by atoms with Crippen LogP contribution in [-0.2, 0) is 26.4 Å². The summed E-state index contributed by atoms with van der Waals surface area (Å²) < 4.78 is 49.9. The predicted octanol–water partition coefficient (Wildman–Crippen LogP) is -0.343. The average Bonchev–Trinajstić information content (AvgIpc) is 2.38. The number of pyridine rings is 1. The van der Waals surface area contributed by atoms with Crippen LogP contribution in [-0.4, -0.2) is 46.4 Å². The second-order valence-electron chi connectivity index (χ2n) is 5.11. The van der Waals surface area contributed by atoms with Crippen LogP contribution in [0.5, 0.6) is 0 Å². The van der Waals surface area contributed by atoms with Crippen molar-refractivity contribution < 1.29 is 16.8 Å². The quantitative estimate of drug-likeness (QED) is 0.763. The second kappa shape index (κ2) is 6.39. The molecule has 2 heterocycles. The molecule has 0 radical (unpaired) electrons. The molecular weight excluding hydrogens is 314 g/mol. The van der Waals surface area contributed by atoms with E-state index in [1.54, 1.807) is 13.1 Å². The van der Waals surface area contributed by atoms with Crippen LogP contribution in [0.25, 0.3) is 0 Å². The number of nitrogens with one attached hydrogen (secondary N) is 2. The smallest absolute Gasteiger partial charge is 0.258 e. The van der Waals surface area contributed by atoms with Gasteiger partial charge >= 0.3 is 0 Å². The van der Waals surface area contributed by atoms with Crippen molar-refractivity contribution in [2.75, 3.05) is 18.6 Å². The van der Waals surface area contributed by atoms with Gasteiger partial charge in [0.25, 0.3) is 10.0 Å². The van der Waals surface area contributed by atoms with Crippen molar-refractivity contribution in [1.82, 2.24) is 15.0 Å². The molecule has 0 amide bonds. The van der Waals surface area contributed by atoms with Crippen molar-refractivity contribution in [3.8, 4) is 0 Å². The molecule has 9 heteroatoms. The lowest BCUT2D eigenvalue weighted by Gasteiger charge is -2.22. The predicted molar refractivity (Wildman–Crippen MR) is 79.0 cm³/mol. The molecule has 1 saturated heterocycles. The molecular formula is C12H19N3O4S2. The summed E-state index contributed by atoms with van der Waals surface area (Å²) in [6, 6.07) is 2.52. The van der Waals surface area contributed by atoms with Crippen LogP contribution in [0.4, 0.5) is 0 Å². The Balaban J connectivity index is 2.11. The van der Waals surface area contributed by atoms with E-state index in [4.69, 9.17) is 0 Å². The van der Waals surface area contributed by atoms with Gasteiger partial charge in [0, 0.05) is 18.8 Å². The molecule has 1 aliphatic rings. The fourth-order valence-electron chi connectivity index (χ4n) is 2.27. The van der Waals surface area contributed by atoms with Gasteiger partial charge in [0.1, 0.15) is 0 Å². The summed E-state index contributed by atoms with van der Waals surface area (Å²) in [4.78, 5) is 3.93. The highest BCUT2D eigenvalue weighted by Gasteiger charge is 2.29. The maximum absolute atomic E-state index is 12.2. The van der Waals surface area contributed by atoms with Crippen molar-refractivity contribution in [2.45, 2.75) is 30.5 Å². The lowest BCUT2D eigenvalue weighted by atomic mass is 10.2. The average molecular weight is 333 g/mol. The highest BCUT2D eigenvalue weighted by molar-refractivity contribution is 7.91. The number of sulfone groups is 1. The van der Waals surface area contributed by atoms with Crippen molar-refractivity contribution in [3.63, 3.8) is 0 Å². The Morgan fingerprint density at radius 1 is 1.38 bits per heavy atom. The Morgan fingerprint density at radius 2 is 2.14 bits per heavy atom. The van der Waals surface area contributed by atoms with E-state index in [1.165, 1.54) is 12.3 Å². The van der Waals surface area contributed by atoms with E-state index in [0.717, 1.165) is 5.56 Å². The molecule has 0 spiro atoms. The molecule has 0 aliphatic carbocycles. The van der Waals surface area contributed by atoms with Gasteiger partial charge in [-0.25, -0.2) is 26.5 Å². The van der Waals surface area contributed by atoms with E-state index < -0.39 is 25.9 Å². The molecule has 118 valence electrons. The number of hydrogen-bond donors (Lipinski definition) is 2. The number of sulfonamides is 1. The van der Waals surface area contributed by atoms with Crippen molar-refractivity contribution in [3.05, 3.63) is 23.9 Å². The van der Waals surface area contributed by atoms with Gasteiger partial charge in [-0.1, -0.05) is 6.07 Å². The summed E-state index contributed by atoms with van der Waals surface area (Å²) in [5, 5.41) is 2.85. The molecule has 2 rings (SSSR count). The van der Waals surface area contributed by atoms with Crippen LogP contribution in [0.15, 0.2) is 23.4 Å². The zero-order chi connectivity index (χ0) is 15.5. The first-order chi connectivity index (χ1) is 9.82. The molecule has 21 heavy (non-hydrogen) atoms. The van der Waals surface area contributed by atoms with E-state index in [-0.39, 0.29) is 16.5 Å². The molecule has 0 saturated carbocycles. The van der Waals surface area contributed by atoms with Gasteiger partial charge in [0.05, 0.1) is 11.5 Å². The molecule has 0 aromatic carbocycles. The zero-order valence-corrected chi connectivity index (χ0v) is 13.4. The van der Waals surface area contributed by atoms with Crippen LogP contribution in [0.2, 0.25) is 0 Å². The molecule has 2 N–H and O–H groups in total. The lowest BCUT2D eigenvalue weighted by molar-refractivity contribution is 0.515. The minimum atomic E-state index is -3.79. The van der Waals surface area contributed by atoms with Gasteiger partial charge in [-0.15, -0.1) is 0 Å². The fraction of sp³-hybridized carbons (Fsp3) is 0.583. The summed E-state index contributed by atoms with van der Waals surface area (Å²) in [5.41, 5.74) is 0.872. The third-order valence-corrected chi connectivity index (χ3v) is 6.50. The van der Waals surface area contributed by atoms with Crippen LogP contribution >= 0.6 is 0 Å². The highest BCUT2D eigenvalue weighted by Crippen LogP contribution is 2.15. The van der Waals surface area contributed by atoms with Crippen LogP contribution < -0.4 is 10.0 Å². The monoisotopic (exact) mass is 333 g/mol. The summed E-state index contributed by atoms with van der Waals surface area (Å²) in [5.74, 6) is -0.0216. The molecule has 1 fully saturated rings. The number of nitrogens with zero attached hydrogens (tertiary/aromatic N) is 1. The van der Waals surface area contributed by atoms with Gasteiger partial charge in [0.15, 0.2) is 14.9 Å². The lowest BCUT2D eigenvalue weighted by Crippen LogP contribution is -2.43. The highest BCUT2D eigenvalue weighted by atomic mass is 32.2. The molecule has 1 aromatic heterocycles. The Bertz CT molecular complexity index is 684. The van der Waals surface area contributed by atoms with E-state index >= 15 is 0 Å². The third-order valence-electron chi connectivity index (χ3n) is 3.24. The topological polar surface area (TPSA) is 105 Å². The van der Waals surface area contributed by atoms with Crippen molar-refractivity contribution in [1.29, 1.82) is 0 Å². The van der Waals surface area contributed by atoms with Crippen LogP contribution in [0.3, 0.4) is 0 Å². The van der Waals surface area contributed by atoms with Gasteiger partial charge in [-0.05, 0) is 31.5 Å². The Morgan fingerprint density at radius 3 is 2.71 bits per heavy atom. The van der Waals surface area contributed by atoms with E-state index in [9.17, 15) is 16.8 Å². The van der Waals surface area contributed by atoms with Crippen molar-refractivity contribution in [2.24, 2.45) is 0 Å². The van der Waals surface area contributed by atoms with Gasteiger partial charge in [-0.2, -0.15) is 0 Å². The maximum Gasteiger partial charge on any atom is 0.258 e. The summed E-state index contributed by atoms with van der Waals surface area (Å²) >= 11 is 0. The maximum atomic E-state index is 12.2. The fourth-order valence-corrected chi connectivity index (χ4v) is 5.22. The van der Waals surface area contributed by atoms with Crippen LogP contribution in [0, 0.1) is 0 Å². The summed E-state index contributed by atoms with van der Waals surface area (Å²) in [7, 11) is -5.16. The van der Waals surface area contributed by atoms with Crippen LogP contribution in [0.1, 0.15) is 18.4 Å². The second-order valence-corrected chi connectivity index (χ2v) is 9.00. The van der Waals surface area contributed by atoms with Gasteiger partial charge in [0.2, 0.25) is 0 Å². The number of hydrogen-bond acceptors (Lipinski definition) is 6. The molecule has 1 aromatic rings. The number of aromatic nitrogens is 1. The van der Waals surface area contributed by atoms with E-state index in [1.807, 2.05) is 0 Å². The minimum absolute atomic E-state index is 0.0923. The Hall–Kier alpha value is -1.03. The number of rotatable bonds is 5. The first kappa shape index (κ1) is 16.3. The Kier molecular flexibility index (Phi) is 4.97. The SMILES string of the molecule is CNCc1ccc(S(=O)(=O)NC2CCCS(=O)(=O)C2)nc1. The molecule has 7 nitrogen and oxygen atoms in total. The van der Waals surface area contributed by atoms with E-state index in [0.29, 0.717) is 19.4 Å². The molecule has 0 bridgehead atoms. The first-order valence-corrected chi connectivity index (χ1v) is 9.95. The standard InChI is InChI=1S/C12H19N3O4S2/c1-13-7-10-4-5-12(14-8-10)21(18,19)15-11-3-2-6-20(16,17)9-11/h4-5,8,11,13,15H,2-3,6-7,9H2,1H3. The van der Waals surface area contributed by atoms with Gasteiger partial charge in [-0.3, -0.25) is 0 Å². The molecule has 1 aliphatic heterocycles. The molecule has 1 atom stereocenters. The van der Waals surface area contributed by atoms with Gasteiger partial charge < -0.3 is 5.32 Å².